The summed E-state index contributed by atoms with van der Waals surface area (Å²) in [7, 11) is 3.04. The third kappa shape index (κ3) is 3.09. The van der Waals surface area contributed by atoms with E-state index in [9.17, 15) is 10.2 Å². The van der Waals surface area contributed by atoms with Crippen LogP contribution in [0.25, 0.3) is 6.08 Å². The van der Waals surface area contributed by atoms with E-state index in [-0.39, 0.29) is 24.9 Å². The molecule has 3 N–H and O–H groups in total. The number of aromatic hydroxyl groups is 1. The number of hydrogen-bond acceptors (Lipinski definition) is 6. The van der Waals surface area contributed by atoms with Crippen LogP contribution in [0.15, 0.2) is 36.4 Å². The van der Waals surface area contributed by atoms with Gasteiger partial charge in [-0.1, -0.05) is 30.4 Å². The molecule has 0 aromatic heterocycles. The van der Waals surface area contributed by atoms with Crippen molar-refractivity contribution in [2.75, 3.05) is 27.4 Å². The molecule has 1 aliphatic heterocycles. The molecule has 2 unspecified atom stereocenters. The van der Waals surface area contributed by atoms with Gasteiger partial charge in [0.25, 0.3) is 0 Å². The van der Waals surface area contributed by atoms with Crippen molar-refractivity contribution < 1.29 is 29.5 Å². The molecule has 0 saturated carbocycles. The summed E-state index contributed by atoms with van der Waals surface area (Å²) in [6.07, 6.45) is 2.94. The lowest BCUT2D eigenvalue weighted by Gasteiger charge is -2.18. The lowest BCUT2D eigenvalue weighted by atomic mass is 9.91. The average molecular weight is 358 g/mol. The first-order chi connectivity index (χ1) is 12.6. The molecule has 1 aliphatic rings. The topological polar surface area (TPSA) is 88.4 Å². The summed E-state index contributed by atoms with van der Waals surface area (Å²) in [6, 6.07) is 8.76. The maximum Gasteiger partial charge on any atom is 0.168 e. The van der Waals surface area contributed by atoms with Gasteiger partial charge in [-0.15, -0.1) is 0 Å². The number of phenolic OH excluding ortho intramolecular Hbond substituents is 1. The SMILES string of the molecule is COc1cc(C2Oc3c(ccc(/C=C/CO)c3OC)C2CO)ccc1O. The quantitative estimate of drug-likeness (QED) is 0.736. The molecule has 26 heavy (non-hydrogen) atoms. The average Bonchev–Trinajstić information content (AvgIpc) is 3.04. The zero-order valence-electron chi connectivity index (χ0n) is 14.7. The smallest absolute Gasteiger partial charge is 0.168 e. The molecule has 0 bridgehead atoms. The van der Waals surface area contributed by atoms with Crippen LogP contribution in [0.2, 0.25) is 0 Å². The highest BCUT2D eigenvalue weighted by Crippen LogP contribution is 2.52. The predicted octanol–water partition coefficient (Wildman–Crippen LogP) is 2.62. The second kappa shape index (κ2) is 7.68. The Bertz CT molecular complexity index is 814. The lowest BCUT2D eigenvalue weighted by Crippen LogP contribution is -2.13. The Balaban J connectivity index is 2.04. The molecule has 0 spiro atoms. The standard InChI is InChI=1S/C20H22O6/c1-24-17-10-13(6-8-16(17)23)18-15(11-22)14-7-5-12(4-3-9-21)19(25-2)20(14)26-18/h3-8,10,15,18,21-23H,9,11H2,1-2H3/b4-3+. The number of aliphatic hydroxyl groups excluding tert-OH is 2. The Labute approximate surface area is 151 Å². The molecular weight excluding hydrogens is 336 g/mol. The van der Waals surface area contributed by atoms with Crippen LogP contribution in [0.4, 0.5) is 0 Å². The molecule has 2 aromatic carbocycles. The van der Waals surface area contributed by atoms with Crippen LogP contribution in [0.5, 0.6) is 23.0 Å². The third-order valence-corrected chi connectivity index (χ3v) is 4.52. The second-order valence-electron chi connectivity index (χ2n) is 5.95. The molecule has 1 heterocycles. The highest BCUT2D eigenvalue weighted by molar-refractivity contribution is 5.66. The van der Waals surface area contributed by atoms with Crippen LogP contribution >= 0.6 is 0 Å². The normalized spacial score (nSPS) is 18.6. The lowest BCUT2D eigenvalue weighted by molar-refractivity contribution is 0.156. The van der Waals surface area contributed by atoms with Crippen molar-refractivity contribution in [2.45, 2.75) is 12.0 Å². The van der Waals surface area contributed by atoms with Crippen molar-refractivity contribution in [3.8, 4) is 23.0 Å². The van der Waals surface area contributed by atoms with E-state index in [0.717, 1.165) is 16.7 Å². The van der Waals surface area contributed by atoms with E-state index < -0.39 is 6.10 Å². The Morgan fingerprint density at radius 3 is 2.58 bits per heavy atom. The van der Waals surface area contributed by atoms with Crippen LogP contribution in [0.1, 0.15) is 28.7 Å². The predicted molar refractivity (Wildman–Crippen MR) is 97.0 cm³/mol. The summed E-state index contributed by atoms with van der Waals surface area (Å²) in [6.45, 7) is -0.174. The van der Waals surface area contributed by atoms with Crippen LogP contribution in [0.3, 0.4) is 0 Å². The number of aliphatic hydroxyl groups is 2. The van der Waals surface area contributed by atoms with Crippen LogP contribution in [-0.2, 0) is 0 Å². The van der Waals surface area contributed by atoms with E-state index in [1.807, 2.05) is 12.1 Å². The van der Waals surface area contributed by atoms with Crippen LogP contribution in [0, 0.1) is 0 Å². The van der Waals surface area contributed by atoms with Crippen LogP contribution in [-0.4, -0.2) is 42.8 Å². The number of fused-ring (bicyclic) bond motifs is 1. The summed E-state index contributed by atoms with van der Waals surface area (Å²) in [5.74, 6) is 1.24. The molecule has 0 fully saturated rings. The molecule has 0 saturated heterocycles. The number of phenols is 1. The molecule has 6 nitrogen and oxygen atoms in total. The maximum atomic E-state index is 9.95. The van der Waals surface area contributed by atoms with Gasteiger partial charge in [0.05, 0.1) is 33.4 Å². The summed E-state index contributed by atoms with van der Waals surface area (Å²) >= 11 is 0. The van der Waals surface area contributed by atoms with E-state index in [1.165, 1.54) is 7.11 Å². The Morgan fingerprint density at radius 2 is 1.92 bits per heavy atom. The fourth-order valence-electron chi connectivity index (χ4n) is 3.27. The zero-order chi connectivity index (χ0) is 18.7. The third-order valence-electron chi connectivity index (χ3n) is 4.52. The van der Waals surface area contributed by atoms with Gasteiger partial charge in [0.1, 0.15) is 6.10 Å². The molecule has 2 aromatic rings. The zero-order valence-corrected chi connectivity index (χ0v) is 14.7. The first-order valence-electron chi connectivity index (χ1n) is 8.27. The number of rotatable bonds is 6. The molecule has 3 rings (SSSR count). The van der Waals surface area contributed by atoms with Gasteiger partial charge in [-0.2, -0.15) is 0 Å². The molecule has 0 amide bonds. The minimum atomic E-state index is -0.435. The van der Waals surface area contributed by atoms with E-state index in [0.29, 0.717) is 17.2 Å². The van der Waals surface area contributed by atoms with Gasteiger partial charge in [-0.3, -0.25) is 0 Å². The van der Waals surface area contributed by atoms with Crippen molar-refractivity contribution in [3.05, 3.63) is 53.1 Å². The van der Waals surface area contributed by atoms with Crippen molar-refractivity contribution in [3.63, 3.8) is 0 Å². The van der Waals surface area contributed by atoms with Gasteiger partial charge >= 0.3 is 0 Å². The van der Waals surface area contributed by atoms with Gasteiger partial charge < -0.3 is 29.5 Å². The maximum absolute atomic E-state index is 9.95. The molecule has 2 atom stereocenters. The number of ether oxygens (including phenoxy) is 3. The van der Waals surface area contributed by atoms with Gasteiger partial charge in [0.15, 0.2) is 23.0 Å². The van der Waals surface area contributed by atoms with Gasteiger partial charge in [-0.25, -0.2) is 0 Å². The summed E-state index contributed by atoms with van der Waals surface area (Å²) in [4.78, 5) is 0. The van der Waals surface area contributed by atoms with Crippen molar-refractivity contribution in [2.24, 2.45) is 0 Å². The fraction of sp³-hybridized carbons (Fsp3) is 0.300. The second-order valence-corrected chi connectivity index (χ2v) is 5.95. The van der Waals surface area contributed by atoms with E-state index >= 15 is 0 Å². The largest absolute Gasteiger partial charge is 0.504 e. The summed E-state index contributed by atoms with van der Waals surface area (Å²) in [5.41, 5.74) is 2.41. The molecular formula is C20H22O6. The fourth-order valence-corrected chi connectivity index (χ4v) is 3.27. The minimum Gasteiger partial charge on any atom is -0.504 e. The first kappa shape index (κ1) is 18.1. The van der Waals surface area contributed by atoms with Crippen LogP contribution < -0.4 is 14.2 Å². The Kier molecular flexibility index (Phi) is 5.35. The molecule has 6 heteroatoms. The monoisotopic (exact) mass is 358 g/mol. The van der Waals surface area contributed by atoms with Crippen molar-refractivity contribution in [1.82, 2.24) is 0 Å². The van der Waals surface area contributed by atoms with Crippen molar-refractivity contribution in [1.29, 1.82) is 0 Å². The highest BCUT2D eigenvalue weighted by Gasteiger charge is 2.38. The minimum absolute atomic E-state index is 0.0429. The highest BCUT2D eigenvalue weighted by atomic mass is 16.5. The van der Waals surface area contributed by atoms with E-state index in [2.05, 4.69) is 0 Å². The van der Waals surface area contributed by atoms with E-state index in [4.69, 9.17) is 19.3 Å². The number of hydrogen-bond donors (Lipinski definition) is 3. The molecule has 0 aliphatic carbocycles. The Morgan fingerprint density at radius 1 is 1.12 bits per heavy atom. The molecule has 138 valence electrons. The van der Waals surface area contributed by atoms with E-state index in [1.54, 1.807) is 37.5 Å². The van der Waals surface area contributed by atoms with Gasteiger partial charge in [-0.05, 0) is 17.7 Å². The summed E-state index contributed by atoms with van der Waals surface area (Å²) in [5, 5.41) is 28.8. The summed E-state index contributed by atoms with van der Waals surface area (Å²) < 4.78 is 16.9. The number of benzene rings is 2. The number of methoxy groups -OCH3 is 2. The van der Waals surface area contributed by atoms with Gasteiger partial charge in [0, 0.05) is 11.1 Å². The van der Waals surface area contributed by atoms with Gasteiger partial charge in [0.2, 0.25) is 0 Å². The van der Waals surface area contributed by atoms with Crippen molar-refractivity contribution >= 4 is 6.08 Å². The molecule has 0 radical (unpaired) electrons. The first-order valence-corrected chi connectivity index (χ1v) is 8.27. The Hall–Kier alpha value is -2.70.